The Labute approximate surface area is 102 Å². The molecule has 0 amide bonds. The number of rotatable bonds is 4. The van der Waals surface area contributed by atoms with Crippen molar-refractivity contribution in [1.82, 2.24) is 9.78 Å². The average molecular weight is 242 g/mol. The zero-order valence-corrected chi connectivity index (χ0v) is 11.6. The lowest BCUT2D eigenvalue weighted by atomic mass is 10.2. The van der Waals surface area contributed by atoms with E-state index in [9.17, 15) is 4.79 Å². The lowest BCUT2D eigenvalue weighted by Crippen LogP contribution is -2.18. The first-order valence-corrected chi connectivity index (χ1v) is 6.69. The minimum atomic E-state index is 0.0817. The highest BCUT2D eigenvalue weighted by atomic mass is 32.2. The van der Waals surface area contributed by atoms with E-state index in [2.05, 4.69) is 39.7 Å². The average Bonchev–Trinajstić information content (AvgIpc) is 2.42. The molecule has 0 aliphatic rings. The van der Waals surface area contributed by atoms with Crippen molar-refractivity contribution in [1.29, 1.82) is 0 Å². The van der Waals surface area contributed by atoms with Crippen molar-refractivity contribution in [2.24, 2.45) is 5.92 Å². The molecule has 4 heteroatoms. The summed E-state index contributed by atoms with van der Waals surface area (Å²) in [5.74, 6) is 1.35. The van der Waals surface area contributed by atoms with E-state index in [1.54, 1.807) is 10.7 Å². The first-order chi connectivity index (χ1) is 7.28. The van der Waals surface area contributed by atoms with Crippen LogP contribution in [0.25, 0.3) is 0 Å². The van der Waals surface area contributed by atoms with Crippen molar-refractivity contribution >= 4 is 11.8 Å². The number of aromatic nitrogens is 2. The van der Waals surface area contributed by atoms with Gasteiger partial charge in [0.25, 0.3) is 5.56 Å². The molecule has 1 N–H and O–H groups in total. The van der Waals surface area contributed by atoms with Gasteiger partial charge >= 0.3 is 0 Å². The smallest absolute Gasteiger partial charge is 0.266 e. The predicted molar refractivity (Wildman–Crippen MR) is 70.9 cm³/mol. The Kier molecular flexibility index (Phi) is 4.30. The lowest BCUT2D eigenvalue weighted by Gasteiger charge is -2.16. The number of nitrogens with zero attached hydrogens (tertiary/aromatic N) is 1. The van der Waals surface area contributed by atoms with Crippen molar-refractivity contribution in [3.05, 3.63) is 22.1 Å². The van der Waals surface area contributed by atoms with Crippen LogP contribution in [-0.2, 0) is 12.3 Å². The van der Waals surface area contributed by atoms with Gasteiger partial charge in [0.1, 0.15) is 0 Å². The highest BCUT2D eigenvalue weighted by Gasteiger charge is 2.12. The van der Waals surface area contributed by atoms with Crippen LogP contribution in [0.1, 0.15) is 40.3 Å². The van der Waals surface area contributed by atoms with Crippen LogP contribution in [0.2, 0.25) is 0 Å². The van der Waals surface area contributed by atoms with Gasteiger partial charge in [-0.25, -0.2) is 0 Å². The van der Waals surface area contributed by atoms with Crippen LogP contribution in [0, 0.1) is 5.92 Å². The molecule has 0 unspecified atom stereocenters. The Hall–Kier alpha value is -0.640. The van der Waals surface area contributed by atoms with E-state index >= 15 is 0 Å². The summed E-state index contributed by atoms with van der Waals surface area (Å²) in [7, 11) is 0. The maximum atomic E-state index is 11.6. The fourth-order valence-electron chi connectivity index (χ4n) is 1.36. The van der Waals surface area contributed by atoms with Crippen molar-refractivity contribution in [3.63, 3.8) is 0 Å². The third-order valence-corrected chi connectivity index (χ3v) is 3.37. The Morgan fingerprint density at radius 2 is 2.06 bits per heavy atom. The molecule has 0 saturated carbocycles. The second-order valence-corrected chi connectivity index (χ2v) is 7.33. The normalized spacial score (nSPS) is 12.4. The summed E-state index contributed by atoms with van der Waals surface area (Å²) in [6.07, 6.45) is 0. The summed E-state index contributed by atoms with van der Waals surface area (Å²) in [6.45, 7) is 11.5. The van der Waals surface area contributed by atoms with E-state index in [-0.39, 0.29) is 10.3 Å². The van der Waals surface area contributed by atoms with Crippen LogP contribution in [0.15, 0.2) is 10.9 Å². The third kappa shape index (κ3) is 4.47. The molecular formula is C12H22N2OS. The number of thioether (sulfide) groups is 1. The minimum Gasteiger partial charge on any atom is -0.299 e. The molecule has 0 aliphatic heterocycles. The van der Waals surface area contributed by atoms with Gasteiger partial charge in [-0.1, -0.05) is 34.6 Å². The zero-order valence-electron chi connectivity index (χ0n) is 10.8. The largest absolute Gasteiger partial charge is 0.299 e. The van der Waals surface area contributed by atoms with Gasteiger partial charge < -0.3 is 0 Å². The molecule has 1 heterocycles. The number of H-pyrrole nitrogens is 1. The van der Waals surface area contributed by atoms with Crippen LogP contribution in [0.3, 0.4) is 0 Å². The summed E-state index contributed by atoms with van der Waals surface area (Å²) in [5.41, 5.74) is 1.10. The van der Waals surface area contributed by atoms with Gasteiger partial charge in [0.2, 0.25) is 0 Å². The molecular weight excluding hydrogens is 220 g/mol. The van der Waals surface area contributed by atoms with E-state index in [0.29, 0.717) is 5.92 Å². The fourth-order valence-corrected chi connectivity index (χ4v) is 2.09. The quantitative estimate of drug-likeness (QED) is 0.881. The fraction of sp³-hybridized carbons (Fsp3) is 0.750. The number of hydrogen-bond acceptors (Lipinski definition) is 2. The second-order valence-electron chi connectivity index (χ2n) is 5.53. The SMILES string of the molecule is CC(C)Cn1[nH]c(CSC(C)(C)C)cc1=O. The van der Waals surface area contributed by atoms with Gasteiger partial charge in [0.15, 0.2) is 0 Å². The maximum Gasteiger partial charge on any atom is 0.266 e. The molecule has 1 aromatic heterocycles. The monoisotopic (exact) mass is 242 g/mol. The molecule has 0 saturated heterocycles. The van der Waals surface area contributed by atoms with E-state index < -0.39 is 0 Å². The second kappa shape index (κ2) is 5.13. The van der Waals surface area contributed by atoms with Crippen LogP contribution in [-0.4, -0.2) is 14.5 Å². The molecule has 3 nitrogen and oxygen atoms in total. The van der Waals surface area contributed by atoms with Gasteiger partial charge in [0, 0.05) is 28.8 Å². The van der Waals surface area contributed by atoms with Crippen molar-refractivity contribution in [2.75, 3.05) is 0 Å². The van der Waals surface area contributed by atoms with Crippen LogP contribution < -0.4 is 5.56 Å². The molecule has 0 aliphatic carbocycles. The molecule has 1 aromatic rings. The first-order valence-electron chi connectivity index (χ1n) is 5.70. The van der Waals surface area contributed by atoms with Gasteiger partial charge in [-0.2, -0.15) is 0 Å². The Morgan fingerprint density at radius 1 is 1.44 bits per heavy atom. The molecule has 0 fully saturated rings. The number of nitrogens with one attached hydrogen (secondary N) is 1. The maximum absolute atomic E-state index is 11.6. The first kappa shape index (κ1) is 13.4. The molecule has 0 aromatic carbocycles. The molecule has 0 atom stereocenters. The standard InChI is InChI=1S/C12H22N2OS/c1-9(2)7-14-11(15)6-10(13-14)8-16-12(3,4)5/h6,9,13H,7-8H2,1-5H3. The summed E-state index contributed by atoms with van der Waals surface area (Å²) >= 11 is 1.84. The summed E-state index contributed by atoms with van der Waals surface area (Å²) in [5, 5.41) is 3.17. The van der Waals surface area contributed by atoms with Crippen LogP contribution in [0.5, 0.6) is 0 Å². The van der Waals surface area contributed by atoms with Crippen molar-refractivity contribution in [3.8, 4) is 0 Å². The number of aromatic amines is 1. The van der Waals surface area contributed by atoms with Crippen LogP contribution >= 0.6 is 11.8 Å². The lowest BCUT2D eigenvalue weighted by molar-refractivity contribution is 0.471. The Balaban J connectivity index is 2.66. The van der Waals surface area contributed by atoms with Gasteiger partial charge in [0.05, 0.1) is 0 Å². The number of hydrogen-bond donors (Lipinski definition) is 1. The Bertz CT molecular complexity index is 384. The highest BCUT2D eigenvalue weighted by molar-refractivity contribution is 7.99. The molecule has 92 valence electrons. The zero-order chi connectivity index (χ0) is 12.3. The summed E-state index contributed by atoms with van der Waals surface area (Å²) < 4.78 is 1.93. The molecule has 16 heavy (non-hydrogen) atoms. The topological polar surface area (TPSA) is 37.8 Å². The predicted octanol–water partition coefficient (Wildman–Crippen LogP) is 2.86. The van der Waals surface area contributed by atoms with Gasteiger partial charge in [-0.3, -0.25) is 14.6 Å². The van der Waals surface area contributed by atoms with Crippen molar-refractivity contribution < 1.29 is 0 Å². The van der Waals surface area contributed by atoms with E-state index in [0.717, 1.165) is 18.0 Å². The van der Waals surface area contributed by atoms with Crippen LogP contribution in [0.4, 0.5) is 0 Å². The summed E-state index contributed by atoms with van der Waals surface area (Å²) in [6, 6.07) is 1.71. The molecule has 0 bridgehead atoms. The molecule has 1 rings (SSSR count). The summed E-state index contributed by atoms with van der Waals surface area (Å²) in [4.78, 5) is 11.6. The van der Waals surface area contributed by atoms with E-state index in [1.165, 1.54) is 0 Å². The Morgan fingerprint density at radius 3 is 2.56 bits per heavy atom. The minimum absolute atomic E-state index is 0.0817. The van der Waals surface area contributed by atoms with Gasteiger partial charge in [-0.05, 0) is 5.92 Å². The van der Waals surface area contributed by atoms with E-state index in [1.807, 2.05) is 11.8 Å². The van der Waals surface area contributed by atoms with E-state index in [4.69, 9.17) is 0 Å². The third-order valence-electron chi connectivity index (χ3n) is 2.05. The highest BCUT2D eigenvalue weighted by Crippen LogP contribution is 2.25. The van der Waals surface area contributed by atoms with Gasteiger partial charge in [-0.15, -0.1) is 11.8 Å². The molecule has 0 spiro atoms. The molecule has 0 radical (unpaired) electrons. The van der Waals surface area contributed by atoms with Crippen molar-refractivity contribution in [2.45, 2.75) is 51.7 Å².